The SMILES string of the molecule is CC(NC(=O)CC(C)(C)C)c1ccccc1N. The van der Waals surface area contributed by atoms with Crippen LogP contribution in [0.25, 0.3) is 0 Å². The van der Waals surface area contributed by atoms with Crippen LogP contribution in [0.15, 0.2) is 24.3 Å². The maximum Gasteiger partial charge on any atom is 0.220 e. The first-order valence-corrected chi connectivity index (χ1v) is 5.93. The topological polar surface area (TPSA) is 55.1 Å². The molecule has 1 unspecified atom stereocenters. The van der Waals surface area contributed by atoms with Crippen molar-refractivity contribution < 1.29 is 4.79 Å². The first-order valence-electron chi connectivity index (χ1n) is 5.93. The van der Waals surface area contributed by atoms with Gasteiger partial charge in [0.2, 0.25) is 5.91 Å². The van der Waals surface area contributed by atoms with Gasteiger partial charge in [0, 0.05) is 12.1 Å². The molecule has 0 aliphatic rings. The number of hydrogen-bond acceptors (Lipinski definition) is 2. The average molecular weight is 234 g/mol. The van der Waals surface area contributed by atoms with Crippen molar-refractivity contribution >= 4 is 11.6 Å². The zero-order valence-electron chi connectivity index (χ0n) is 11.1. The lowest BCUT2D eigenvalue weighted by Gasteiger charge is -2.21. The van der Waals surface area contributed by atoms with Crippen LogP contribution in [0, 0.1) is 5.41 Å². The summed E-state index contributed by atoms with van der Waals surface area (Å²) in [5.41, 5.74) is 7.57. The molecule has 0 saturated carbocycles. The Hall–Kier alpha value is -1.51. The van der Waals surface area contributed by atoms with Gasteiger partial charge in [0.15, 0.2) is 0 Å². The number of para-hydroxylation sites is 1. The number of carbonyl (C=O) groups excluding carboxylic acids is 1. The van der Waals surface area contributed by atoms with Crippen molar-refractivity contribution in [3.05, 3.63) is 29.8 Å². The second kappa shape index (κ2) is 5.21. The Labute approximate surface area is 103 Å². The van der Waals surface area contributed by atoms with Crippen LogP contribution < -0.4 is 11.1 Å². The number of nitrogens with two attached hydrogens (primary N) is 1. The molecule has 3 heteroatoms. The molecule has 0 spiro atoms. The largest absolute Gasteiger partial charge is 0.398 e. The average Bonchev–Trinajstić information content (AvgIpc) is 2.14. The summed E-state index contributed by atoms with van der Waals surface area (Å²) < 4.78 is 0. The van der Waals surface area contributed by atoms with Gasteiger partial charge in [-0.05, 0) is 24.0 Å². The Morgan fingerprint density at radius 2 is 1.94 bits per heavy atom. The fourth-order valence-electron chi connectivity index (χ4n) is 1.76. The van der Waals surface area contributed by atoms with Crippen molar-refractivity contribution in [3.63, 3.8) is 0 Å². The molecular weight excluding hydrogens is 212 g/mol. The number of anilines is 1. The molecule has 0 bridgehead atoms. The Balaban J connectivity index is 2.64. The van der Waals surface area contributed by atoms with Gasteiger partial charge in [-0.2, -0.15) is 0 Å². The summed E-state index contributed by atoms with van der Waals surface area (Å²) >= 11 is 0. The van der Waals surface area contributed by atoms with E-state index in [1.165, 1.54) is 0 Å². The fourth-order valence-corrected chi connectivity index (χ4v) is 1.76. The number of hydrogen-bond donors (Lipinski definition) is 2. The van der Waals surface area contributed by atoms with E-state index < -0.39 is 0 Å². The third-order valence-electron chi connectivity index (χ3n) is 2.53. The molecule has 94 valence electrons. The van der Waals surface area contributed by atoms with Crippen molar-refractivity contribution in [3.8, 4) is 0 Å². The molecule has 1 atom stereocenters. The molecule has 0 aromatic heterocycles. The summed E-state index contributed by atoms with van der Waals surface area (Å²) in [6.07, 6.45) is 0.518. The zero-order valence-corrected chi connectivity index (χ0v) is 11.1. The first kappa shape index (κ1) is 13.6. The molecule has 0 heterocycles. The third-order valence-corrected chi connectivity index (χ3v) is 2.53. The van der Waals surface area contributed by atoms with Crippen LogP contribution in [0.5, 0.6) is 0 Å². The van der Waals surface area contributed by atoms with E-state index in [0.29, 0.717) is 6.42 Å². The molecule has 0 fully saturated rings. The van der Waals surface area contributed by atoms with Crippen LogP contribution in [0.4, 0.5) is 5.69 Å². The molecule has 0 saturated heterocycles. The normalized spacial score (nSPS) is 13.2. The van der Waals surface area contributed by atoms with E-state index in [4.69, 9.17) is 5.73 Å². The lowest BCUT2D eigenvalue weighted by molar-refractivity contribution is -0.123. The number of nitrogen functional groups attached to an aromatic ring is 1. The van der Waals surface area contributed by atoms with E-state index in [1.807, 2.05) is 52.0 Å². The van der Waals surface area contributed by atoms with E-state index in [0.717, 1.165) is 11.3 Å². The second-order valence-electron chi connectivity index (χ2n) is 5.66. The maximum atomic E-state index is 11.8. The zero-order chi connectivity index (χ0) is 13.1. The molecular formula is C14H22N2O. The van der Waals surface area contributed by atoms with Crippen molar-refractivity contribution in [1.82, 2.24) is 5.32 Å². The minimum absolute atomic E-state index is 0.00599. The van der Waals surface area contributed by atoms with E-state index in [9.17, 15) is 4.79 Å². The summed E-state index contributed by atoms with van der Waals surface area (Å²) in [6.45, 7) is 8.10. The number of rotatable bonds is 3. The van der Waals surface area contributed by atoms with E-state index in [1.54, 1.807) is 0 Å². The standard InChI is InChI=1S/C14H22N2O/c1-10(11-7-5-6-8-12(11)15)16-13(17)9-14(2,3)4/h5-8,10H,9,15H2,1-4H3,(H,16,17). The van der Waals surface area contributed by atoms with Gasteiger partial charge in [0.25, 0.3) is 0 Å². The summed E-state index contributed by atoms with van der Waals surface area (Å²) in [7, 11) is 0. The highest BCUT2D eigenvalue weighted by molar-refractivity contribution is 5.77. The van der Waals surface area contributed by atoms with Gasteiger partial charge in [-0.25, -0.2) is 0 Å². The van der Waals surface area contributed by atoms with Gasteiger partial charge < -0.3 is 11.1 Å². The van der Waals surface area contributed by atoms with Crippen molar-refractivity contribution in [2.24, 2.45) is 5.41 Å². The van der Waals surface area contributed by atoms with E-state index >= 15 is 0 Å². The molecule has 1 aromatic carbocycles. The molecule has 1 rings (SSSR count). The monoisotopic (exact) mass is 234 g/mol. The van der Waals surface area contributed by atoms with Crippen molar-refractivity contribution in [2.75, 3.05) is 5.73 Å². The molecule has 17 heavy (non-hydrogen) atoms. The van der Waals surface area contributed by atoms with Gasteiger partial charge in [-0.3, -0.25) is 4.79 Å². The predicted octanol–water partition coefficient (Wildman–Crippen LogP) is 2.88. The highest BCUT2D eigenvalue weighted by atomic mass is 16.1. The van der Waals surface area contributed by atoms with Crippen LogP contribution >= 0.6 is 0 Å². The minimum Gasteiger partial charge on any atom is -0.398 e. The van der Waals surface area contributed by atoms with Crippen molar-refractivity contribution in [1.29, 1.82) is 0 Å². The van der Waals surface area contributed by atoms with Crippen LogP contribution in [-0.2, 0) is 4.79 Å². The third kappa shape index (κ3) is 4.47. The smallest absolute Gasteiger partial charge is 0.220 e. The lowest BCUT2D eigenvalue weighted by Crippen LogP contribution is -2.30. The minimum atomic E-state index is -0.0500. The van der Waals surface area contributed by atoms with Gasteiger partial charge >= 0.3 is 0 Å². The van der Waals surface area contributed by atoms with Gasteiger partial charge in [0.05, 0.1) is 6.04 Å². The number of amides is 1. The van der Waals surface area contributed by atoms with Crippen LogP contribution in [0.3, 0.4) is 0 Å². The molecule has 0 radical (unpaired) electrons. The van der Waals surface area contributed by atoms with Crippen LogP contribution in [0.1, 0.15) is 45.7 Å². The van der Waals surface area contributed by atoms with Gasteiger partial charge in [-0.1, -0.05) is 39.0 Å². The fraction of sp³-hybridized carbons (Fsp3) is 0.500. The second-order valence-corrected chi connectivity index (χ2v) is 5.66. The lowest BCUT2D eigenvalue weighted by atomic mass is 9.91. The highest BCUT2D eigenvalue weighted by Gasteiger charge is 2.18. The number of carbonyl (C=O) groups is 1. The highest BCUT2D eigenvalue weighted by Crippen LogP contribution is 2.22. The van der Waals surface area contributed by atoms with E-state index in [2.05, 4.69) is 5.32 Å². The Morgan fingerprint density at radius 1 is 1.35 bits per heavy atom. The quantitative estimate of drug-likeness (QED) is 0.790. The first-order chi connectivity index (χ1) is 7.79. The molecule has 3 nitrogen and oxygen atoms in total. The predicted molar refractivity (Wildman–Crippen MR) is 71.5 cm³/mol. The van der Waals surface area contributed by atoms with Gasteiger partial charge in [-0.15, -0.1) is 0 Å². The Morgan fingerprint density at radius 3 is 2.47 bits per heavy atom. The molecule has 1 amide bonds. The number of nitrogens with one attached hydrogen (secondary N) is 1. The molecule has 1 aromatic rings. The van der Waals surface area contributed by atoms with Gasteiger partial charge in [0.1, 0.15) is 0 Å². The maximum absolute atomic E-state index is 11.8. The molecule has 3 N–H and O–H groups in total. The molecule has 0 aliphatic carbocycles. The van der Waals surface area contributed by atoms with E-state index in [-0.39, 0.29) is 17.4 Å². The summed E-state index contributed by atoms with van der Waals surface area (Å²) in [5, 5.41) is 2.97. The Bertz CT molecular complexity index is 393. The number of benzene rings is 1. The summed E-state index contributed by atoms with van der Waals surface area (Å²) in [5.74, 6) is 0.0632. The molecule has 0 aliphatic heterocycles. The summed E-state index contributed by atoms with van der Waals surface area (Å²) in [4.78, 5) is 11.8. The Kier molecular flexibility index (Phi) is 4.16. The summed E-state index contributed by atoms with van der Waals surface area (Å²) in [6, 6.07) is 7.56. The van der Waals surface area contributed by atoms with Crippen molar-refractivity contribution in [2.45, 2.75) is 40.2 Å². The van der Waals surface area contributed by atoms with Crippen LogP contribution in [0.2, 0.25) is 0 Å². The van der Waals surface area contributed by atoms with Crippen LogP contribution in [-0.4, -0.2) is 5.91 Å².